The molecular weight excluding hydrogens is 410 g/mol. The normalized spacial score (nSPS) is 30.4. The van der Waals surface area contributed by atoms with Gasteiger partial charge in [0, 0.05) is 0 Å². The summed E-state index contributed by atoms with van der Waals surface area (Å²) in [7, 11) is -4.78. The maximum atomic E-state index is 10.7. The Morgan fingerprint density at radius 2 is 1.85 bits per heavy atom. The SMILES string of the molecule is CSCCCCC/C(=N\OS(=O)(=O)O)S[C@@H]1O[C@H](CO)[C@@H](O)[C@H](O)[C@H]1O. The molecule has 1 rings (SSSR count). The molecule has 0 unspecified atom stereocenters. The smallest absolute Gasteiger partial charge is 0.394 e. The van der Waals surface area contributed by atoms with Crippen LogP contribution in [0.25, 0.3) is 0 Å². The van der Waals surface area contributed by atoms with Gasteiger partial charge >= 0.3 is 10.4 Å². The van der Waals surface area contributed by atoms with Crippen LogP contribution in [0.2, 0.25) is 0 Å². The van der Waals surface area contributed by atoms with Gasteiger partial charge in [-0.3, -0.25) is 4.55 Å². The molecule has 0 amide bonds. The topological polar surface area (TPSA) is 166 Å². The summed E-state index contributed by atoms with van der Waals surface area (Å²) in [4.78, 5) is 0. The summed E-state index contributed by atoms with van der Waals surface area (Å²) in [6.07, 6.45) is -0.887. The number of oxime groups is 1. The van der Waals surface area contributed by atoms with Gasteiger partial charge in [0.15, 0.2) is 0 Å². The van der Waals surface area contributed by atoms with E-state index in [0.717, 1.165) is 30.4 Å². The van der Waals surface area contributed by atoms with Crippen LogP contribution in [-0.2, 0) is 19.4 Å². The highest BCUT2D eigenvalue weighted by Gasteiger charge is 2.44. The van der Waals surface area contributed by atoms with Crippen LogP contribution in [0.15, 0.2) is 5.16 Å². The zero-order valence-electron chi connectivity index (χ0n) is 14.2. The molecule has 26 heavy (non-hydrogen) atoms. The second-order valence-electron chi connectivity index (χ2n) is 5.61. The third kappa shape index (κ3) is 8.27. The Morgan fingerprint density at radius 1 is 1.15 bits per heavy atom. The predicted octanol–water partition coefficient (Wildman–Crippen LogP) is -0.424. The van der Waals surface area contributed by atoms with Gasteiger partial charge in [-0.2, -0.15) is 20.2 Å². The highest BCUT2D eigenvalue weighted by atomic mass is 32.3. The maximum absolute atomic E-state index is 10.7. The second kappa shape index (κ2) is 11.7. The molecule has 0 aliphatic carbocycles. The van der Waals surface area contributed by atoms with Crippen LogP contribution in [0.1, 0.15) is 25.7 Å². The number of hydrogen-bond acceptors (Lipinski definition) is 11. The van der Waals surface area contributed by atoms with E-state index in [1.54, 1.807) is 11.8 Å². The molecule has 5 atom stereocenters. The molecule has 0 spiro atoms. The van der Waals surface area contributed by atoms with E-state index in [-0.39, 0.29) is 5.04 Å². The van der Waals surface area contributed by atoms with Crippen molar-refractivity contribution < 1.29 is 42.4 Å². The number of hydrogen-bond donors (Lipinski definition) is 5. The quantitative estimate of drug-likeness (QED) is 0.0993. The predicted molar refractivity (Wildman–Crippen MR) is 98.3 cm³/mol. The standard InChI is InChI=1S/C13H25NO9S3/c1-24-6-4-2-3-5-9(14-23-26(19,20)21)25-13-12(18)11(17)10(16)8(7-15)22-13/h8,10-13,15-18H,2-7H2,1H3,(H,19,20,21)/b14-9+/t8-,10-,11+,12-,13+/m1/s1. The van der Waals surface area contributed by atoms with Crippen LogP contribution in [0.4, 0.5) is 0 Å². The first-order chi connectivity index (χ1) is 12.2. The molecule has 154 valence electrons. The number of nitrogens with zero attached hydrogens (tertiary/aromatic N) is 1. The summed E-state index contributed by atoms with van der Waals surface area (Å²) in [6, 6.07) is 0. The number of unbranched alkanes of at least 4 members (excludes halogenated alkanes) is 2. The molecule has 1 heterocycles. The van der Waals surface area contributed by atoms with Crippen molar-refractivity contribution in [3.63, 3.8) is 0 Å². The molecule has 0 saturated carbocycles. The van der Waals surface area contributed by atoms with Crippen LogP contribution in [0, 0.1) is 0 Å². The van der Waals surface area contributed by atoms with Gasteiger partial charge in [0.2, 0.25) is 0 Å². The largest absolute Gasteiger partial charge is 0.466 e. The minimum Gasteiger partial charge on any atom is -0.394 e. The lowest BCUT2D eigenvalue weighted by Gasteiger charge is -2.39. The second-order valence-corrected chi connectivity index (χ2v) is 8.77. The minimum absolute atomic E-state index is 0.121. The Morgan fingerprint density at radius 3 is 2.42 bits per heavy atom. The molecular formula is C13H25NO9S3. The lowest BCUT2D eigenvalue weighted by molar-refractivity contribution is -0.205. The van der Waals surface area contributed by atoms with E-state index in [0.29, 0.717) is 12.8 Å². The lowest BCUT2D eigenvalue weighted by atomic mass is 10.0. The van der Waals surface area contributed by atoms with Gasteiger partial charge in [0.05, 0.1) is 6.61 Å². The molecule has 0 aromatic carbocycles. The number of rotatable bonds is 10. The van der Waals surface area contributed by atoms with E-state index in [2.05, 4.69) is 9.44 Å². The van der Waals surface area contributed by atoms with Gasteiger partial charge in [-0.1, -0.05) is 23.3 Å². The number of thioether (sulfide) groups is 2. The average Bonchev–Trinajstić information content (AvgIpc) is 2.58. The van der Waals surface area contributed by atoms with Crippen molar-refractivity contribution in [1.82, 2.24) is 0 Å². The highest BCUT2D eigenvalue weighted by Crippen LogP contribution is 2.30. The molecule has 13 heteroatoms. The Kier molecular flexibility index (Phi) is 10.7. The zero-order valence-corrected chi connectivity index (χ0v) is 16.6. The van der Waals surface area contributed by atoms with Gasteiger partial charge in [0.25, 0.3) is 0 Å². The molecule has 0 bridgehead atoms. The molecule has 1 aliphatic heterocycles. The molecule has 0 radical (unpaired) electrons. The van der Waals surface area contributed by atoms with Crippen molar-refractivity contribution in [2.75, 3.05) is 18.6 Å². The third-order valence-corrected chi connectivity index (χ3v) is 5.71. The van der Waals surface area contributed by atoms with Gasteiger partial charge in [-0.15, -0.1) is 0 Å². The summed E-state index contributed by atoms with van der Waals surface area (Å²) in [5, 5.41) is 42.3. The van der Waals surface area contributed by atoms with Crippen LogP contribution in [0.3, 0.4) is 0 Å². The molecule has 0 aromatic heterocycles. The molecule has 0 aromatic rings. The summed E-state index contributed by atoms with van der Waals surface area (Å²) in [5.41, 5.74) is -1.11. The van der Waals surface area contributed by atoms with Gasteiger partial charge in [0.1, 0.15) is 34.9 Å². The van der Waals surface area contributed by atoms with E-state index in [4.69, 9.17) is 9.29 Å². The van der Waals surface area contributed by atoms with Crippen LogP contribution in [0.5, 0.6) is 0 Å². The molecule has 1 fully saturated rings. The van der Waals surface area contributed by atoms with Crippen molar-refractivity contribution in [3.8, 4) is 0 Å². The third-order valence-electron chi connectivity index (χ3n) is 3.57. The average molecular weight is 436 g/mol. The maximum Gasteiger partial charge on any atom is 0.466 e. The van der Waals surface area contributed by atoms with Crippen molar-refractivity contribution in [1.29, 1.82) is 0 Å². The fraction of sp³-hybridized carbons (Fsp3) is 0.923. The van der Waals surface area contributed by atoms with Crippen LogP contribution >= 0.6 is 23.5 Å². The van der Waals surface area contributed by atoms with Gasteiger partial charge < -0.3 is 25.2 Å². The first-order valence-corrected chi connectivity index (χ1v) is 11.5. The van der Waals surface area contributed by atoms with Crippen molar-refractivity contribution in [2.45, 2.75) is 55.5 Å². The summed E-state index contributed by atoms with van der Waals surface area (Å²) in [6.45, 7) is -0.579. The lowest BCUT2D eigenvalue weighted by Crippen LogP contribution is -2.57. The molecule has 1 aliphatic rings. The van der Waals surface area contributed by atoms with E-state index in [9.17, 15) is 28.8 Å². The fourth-order valence-corrected chi connectivity index (χ4v) is 4.05. The van der Waals surface area contributed by atoms with E-state index in [1.165, 1.54) is 0 Å². The number of aliphatic hydroxyl groups excluding tert-OH is 4. The Hall–Kier alpha value is -0.120. The van der Waals surface area contributed by atoms with Crippen LogP contribution < -0.4 is 0 Å². The first kappa shape index (κ1) is 23.9. The summed E-state index contributed by atoms with van der Waals surface area (Å²) >= 11 is 2.50. The highest BCUT2D eigenvalue weighted by molar-refractivity contribution is 8.14. The number of aliphatic hydroxyl groups is 4. The van der Waals surface area contributed by atoms with E-state index >= 15 is 0 Å². The molecule has 5 N–H and O–H groups in total. The summed E-state index contributed by atoms with van der Waals surface area (Å²) in [5.74, 6) is 0.980. The van der Waals surface area contributed by atoms with Crippen LogP contribution in [-0.4, -0.2) is 86.9 Å². The van der Waals surface area contributed by atoms with E-state index < -0.39 is 46.9 Å². The fourth-order valence-electron chi connectivity index (χ4n) is 2.21. The van der Waals surface area contributed by atoms with Crippen molar-refractivity contribution in [2.24, 2.45) is 5.16 Å². The summed E-state index contributed by atoms with van der Waals surface area (Å²) < 4.78 is 39.5. The zero-order chi connectivity index (χ0) is 19.7. The van der Waals surface area contributed by atoms with Gasteiger partial charge in [-0.25, -0.2) is 4.28 Å². The molecule has 10 nitrogen and oxygen atoms in total. The van der Waals surface area contributed by atoms with Gasteiger partial charge in [-0.05, 0) is 31.3 Å². The van der Waals surface area contributed by atoms with Crippen molar-refractivity contribution >= 4 is 39.0 Å². The number of ether oxygens (including phenoxy) is 1. The van der Waals surface area contributed by atoms with Crippen molar-refractivity contribution in [3.05, 3.63) is 0 Å². The first-order valence-electron chi connectivity index (χ1n) is 7.88. The Labute approximate surface area is 160 Å². The molecule has 1 saturated heterocycles. The van der Waals surface area contributed by atoms with E-state index in [1.807, 2.05) is 6.26 Å². The monoisotopic (exact) mass is 435 g/mol. The minimum atomic E-state index is -4.78. The Bertz CT molecular complexity index is 543. The Balaban J connectivity index is 2.76.